The molecule has 2 aromatic rings. The van der Waals surface area contributed by atoms with Gasteiger partial charge < -0.3 is 15.6 Å². The molecule has 0 saturated carbocycles. The maximum atomic E-state index is 9.44. The number of benzene rings is 2. The van der Waals surface area contributed by atoms with Crippen molar-refractivity contribution in [2.75, 3.05) is 13.7 Å². The van der Waals surface area contributed by atoms with Crippen LogP contribution < -0.4 is 10.5 Å². The summed E-state index contributed by atoms with van der Waals surface area (Å²) in [4.78, 5) is 0. The number of hydrogen-bond donors (Lipinski definition) is 2. The van der Waals surface area contributed by atoms with Crippen LogP contribution in [0.15, 0.2) is 42.5 Å². The molecule has 0 heterocycles. The van der Waals surface area contributed by atoms with E-state index < -0.39 is 0 Å². The van der Waals surface area contributed by atoms with Gasteiger partial charge in [-0.3, -0.25) is 0 Å². The molecule has 3 N–H and O–H groups in total. The Hall–Kier alpha value is -1.71. The van der Waals surface area contributed by atoms with Crippen molar-refractivity contribution < 1.29 is 9.84 Å². The number of ether oxygens (including phenoxy) is 1. The molecule has 4 heteroatoms. The van der Waals surface area contributed by atoms with Crippen LogP contribution in [-0.4, -0.2) is 18.8 Å². The van der Waals surface area contributed by atoms with E-state index in [1.165, 1.54) is 0 Å². The predicted molar refractivity (Wildman–Crippen MR) is 81.6 cm³/mol. The Balaban J connectivity index is 2.16. The van der Waals surface area contributed by atoms with Crippen LogP contribution in [0.5, 0.6) is 11.5 Å². The molecule has 0 bridgehead atoms. The number of aromatic hydroxyl groups is 1. The monoisotopic (exact) mass is 291 g/mol. The molecule has 0 amide bonds. The zero-order valence-corrected chi connectivity index (χ0v) is 12.1. The molecule has 0 spiro atoms. The summed E-state index contributed by atoms with van der Waals surface area (Å²) >= 11 is 5.93. The van der Waals surface area contributed by atoms with Gasteiger partial charge in [0.25, 0.3) is 0 Å². The fourth-order valence-corrected chi connectivity index (χ4v) is 2.38. The van der Waals surface area contributed by atoms with Gasteiger partial charge in [-0.2, -0.15) is 0 Å². The Bertz CT molecular complexity index is 569. The third-order valence-corrected chi connectivity index (χ3v) is 3.67. The van der Waals surface area contributed by atoms with E-state index in [0.29, 0.717) is 11.6 Å². The lowest BCUT2D eigenvalue weighted by atomic mass is 9.92. The van der Waals surface area contributed by atoms with Crippen molar-refractivity contribution >= 4 is 11.6 Å². The number of rotatable bonds is 5. The fourth-order valence-electron chi connectivity index (χ4n) is 2.18. The second-order valence-electron chi connectivity index (χ2n) is 4.70. The number of phenols is 1. The summed E-state index contributed by atoms with van der Waals surface area (Å²) in [6, 6.07) is 13.2. The molecular formula is C16H18ClNO2. The molecule has 0 aliphatic heterocycles. The SMILES string of the molecule is COc1ccc(C(CN)Cc2ccc(O)c(Cl)c2)cc1. The summed E-state index contributed by atoms with van der Waals surface area (Å²) < 4.78 is 5.15. The quantitative estimate of drug-likeness (QED) is 0.888. The highest BCUT2D eigenvalue weighted by molar-refractivity contribution is 6.32. The zero-order chi connectivity index (χ0) is 14.5. The van der Waals surface area contributed by atoms with Gasteiger partial charge in [0, 0.05) is 5.92 Å². The highest BCUT2D eigenvalue weighted by Crippen LogP contribution is 2.27. The van der Waals surface area contributed by atoms with Crippen molar-refractivity contribution in [3.8, 4) is 11.5 Å². The second kappa shape index (κ2) is 6.64. The van der Waals surface area contributed by atoms with Crippen molar-refractivity contribution in [2.24, 2.45) is 5.73 Å². The summed E-state index contributed by atoms with van der Waals surface area (Å²) in [5, 5.41) is 9.81. The summed E-state index contributed by atoms with van der Waals surface area (Å²) in [5.74, 6) is 1.14. The maximum Gasteiger partial charge on any atom is 0.134 e. The van der Waals surface area contributed by atoms with Crippen molar-refractivity contribution in [3.63, 3.8) is 0 Å². The lowest BCUT2D eigenvalue weighted by molar-refractivity contribution is 0.414. The molecule has 0 aliphatic rings. The lowest BCUT2D eigenvalue weighted by Gasteiger charge is -2.16. The van der Waals surface area contributed by atoms with Crippen molar-refractivity contribution in [1.82, 2.24) is 0 Å². The summed E-state index contributed by atoms with van der Waals surface area (Å²) in [7, 11) is 1.65. The normalized spacial score (nSPS) is 12.2. The Morgan fingerprint density at radius 1 is 1.20 bits per heavy atom. The first-order valence-corrected chi connectivity index (χ1v) is 6.83. The molecule has 0 aliphatic carbocycles. The highest BCUT2D eigenvalue weighted by Gasteiger charge is 2.12. The van der Waals surface area contributed by atoms with E-state index in [4.69, 9.17) is 22.1 Å². The number of methoxy groups -OCH3 is 1. The predicted octanol–water partition coefficient (Wildman–Crippen LogP) is 3.34. The van der Waals surface area contributed by atoms with Gasteiger partial charge in [-0.05, 0) is 48.4 Å². The van der Waals surface area contributed by atoms with Crippen molar-refractivity contribution in [1.29, 1.82) is 0 Å². The molecule has 106 valence electrons. The lowest BCUT2D eigenvalue weighted by Crippen LogP contribution is -2.15. The fraction of sp³-hybridized carbons (Fsp3) is 0.250. The number of phenolic OH excluding ortho intramolecular Hbond substituents is 1. The molecule has 1 atom stereocenters. The molecule has 2 rings (SSSR count). The first-order chi connectivity index (χ1) is 9.63. The number of hydrogen-bond acceptors (Lipinski definition) is 3. The molecule has 0 saturated heterocycles. The van der Waals surface area contributed by atoms with Crippen LogP contribution in [0.2, 0.25) is 5.02 Å². The number of halogens is 1. The second-order valence-corrected chi connectivity index (χ2v) is 5.10. The average molecular weight is 292 g/mol. The van der Waals surface area contributed by atoms with Crippen LogP contribution in [0.4, 0.5) is 0 Å². The standard InChI is InChI=1S/C16H18ClNO2/c1-20-14-5-3-12(4-6-14)13(10-18)8-11-2-7-16(19)15(17)9-11/h2-7,9,13,19H,8,10,18H2,1H3. The molecule has 0 radical (unpaired) electrons. The largest absolute Gasteiger partial charge is 0.506 e. The van der Waals surface area contributed by atoms with E-state index in [2.05, 4.69) is 0 Å². The van der Waals surface area contributed by atoms with Crippen molar-refractivity contribution in [2.45, 2.75) is 12.3 Å². The van der Waals surface area contributed by atoms with Crippen LogP contribution in [0.25, 0.3) is 0 Å². The first kappa shape index (κ1) is 14.7. The highest BCUT2D eigenvalue weighted by atomic mass is 35.5. The minimum Gasteiger partial charge on any atom is -0.506 e. The van der Waals surface area contributed by atoms with E-state index in [1.807, 2.05) is 30.3 Å². The van der Waals surface area contributed by atoms with E-state index in [1.54, 1.807) is 19.2 Å². The molecule has 0 fully saturated rings. The number of nitrogens with two attached hydrogens (primary N) is 1. The van der Waals surface area contributed by atoms with Gasteiger partial charge in [0.1, 0.15) is 11.5 Å². The summed E-state index contributed by atoms with van der Waals surface area (Å²) in [6.07, 6.45) is 0.781. The van der Waals surface area contributed by atoms with Crippen LogP contribution in [0, 0.1) is 0 Å². The Morgan fingerprint density at radius 3 is 2.45 bits per heavy atom. The molecule has 2 aromatic carbocycles. The third kappa shape index (κ3) is 3.44. The van der Waals surface area contributed by atoms with Gasteiger partial charge in [-0.15, -0.1) is 0 Å². The zero-order valence-electron chi connectivity index (χ0n) is 11.3. The van der Waals surface area contributed by atoms with Crippen LogP contribution in [0.3, 0.4) is 0 Å². The Morgan fingerprint density at radius 2 is 1.90 bits per heavy atom. The van der Waals surface area contributed by atoms with E-state index in [0.717, 1.165) is 23.3 Å². The Kier molecular flexibility index (Phi) is 4.88. The van der Waals surface area contributed by atoms with Gasteiger partial charge in [-0.25, -0.2) is 0 Å². The van der Waals surface area contributed by atoms with Gasteiger partial charge in [0.15, 0.2) is 0 Å². The smallest absolute Gasteiger partial charge is 0.134 e. The van der Waals surface area contributed by atoms with E-state index >= 15 is 0 Å². The van der Waals surface area contributed by atoms with Gasteiger partial charge in [0.05, 0.1) is 12.1 Å². The molecule has 3 nitrogen and oxygen atoms in total. The van der Waals surface area contributed by atoms with Crippen LogP contribution in [-0.2, 0) is 6.42 Å². The first-order valence-electron chi connectivity index (χ1n) is 6.45. The Labute approximate surface area is 123 Å². The van der Waals surface area contributed by atoms with Gasteiger partial charge >= 0.3 is 0 Å². The van der Waals surface area contributed by atoms with E-state index in [9.17, 15) is 5.11 Å². The van der Waals surface area contributed by atoms with Gasteiger partial charge in [0.2, 0.25) is 0 Å². The van der Waals surface area contributed by atoms with E-state index in [-0.39, 0.29) is 11.7 Å². The third-order valence-electron chi connectivity index (χ3n) is 3.37. The van der Waals surface area contributed by atoms with Gasteiger partial charge in [-0.1, -0.05) is 29.8 Å². The molecule has 0 aromatic heterocycles. The summed E-state index contributed by atoms with van der Waals surface area (Å²) in [6.45, 7) is 0.546. The summed E-state index contributed by atoms with van der Waals surface area (Å²) in [5.41, 5.74) is 8.10. The maximum absolute atomic E-state index is 9.44. The van der Waals surface area contributed by atoms with Crippen LogP contribution in [0.1, 0.15) is 17.0 Å². The average Bonchev–Trinajstić information content (AvgIpc) is 2.48. The minimum absolute atomic E-state index is 0.101. The topological polar surface area (TPSA) is 55.5 Å². The molecule has 20 heavy (non-hydrogen) atoms. The molecular weight excluding hydrogens is 274 g/mol. The van der Waals surface area contributed by atoms with Crippen molar-refractivity contribution in [3.05, 3.63) is 58.6 Å². The van der Waals surface area contributed by atoms with Crippen LogP contribution >= 0.6 is 11.6 Å². The minimum atomic E-state index is 0.101. The molecule has 1 unspecified atom stereocenters.